The van der Waals surface area contributed by atoms with E-state index in [9.17, 15) is 9.59 Å². The lowest BCUT2D eigenvalue weighted by Gasteiger charge is -2.10. The van der Waals surface area contributed by atoms with Gasteiger partial charge in [-0.05, 0) is 6.42 Å². The second-order valence-corrected chi connectivity index (χ2v) is 3.35. The van der Waals surface area contributed by atoms with Crippen molar-refractivity contribution in [1.29, 1.82) is 0 Å². The fraction of sp³-hybridized carbons (Fsp3) is 0.556. The van der Waals surface area contributed by atoms with Gasteiger partial charge in [0.2, 0.25) is 5.91 Å². The van der Waals surface area contributed by atoms with Gasteiger partial charge in [0, 0.05) is 6.04 Å². The van der Waals surface area contributed by atoms with Gasteiger partial charge in [0.05, 0.1) is 12.5 Å². The quantitative estimate of drug-likeness (QED) is 0.415. The molecule has 0 radical (unpaired) electrons. The van der Waals surface area contributed by atoms with Crippen LogP contribution >= 0.6 is 0 Å². The maximum absolute atomic E-state index is 11.4. The Morgan fingerprint density at radius 2 is 2.20 bits per heavy atom. The normalized spacial score (nSPS) is 23.8. The lowest BCUT2D eigenvalue weighted by atomic mass is 10.1. The monoisotopic (exact) mass is 213 g/mol. The molecule has 84 valence electrons. The summed E-state index contributed by atoms with van der Waals surface area (Å²) in [6.07, 6.45) is 3.38. The lowest BCUT2D eigenvalue weighted by molar-refractivity contribution is -0.123. The number of hydrogen-bond acceptors (Lipinski definition) is 4. The molecule has 0 spiro atoms. The number of carbonyl (C=O) groups excluding carboxylic acids is 2. The summed E-state index contributed by atoms with van der Waals surface area (Å²) in [4.78, 5) is 21.6. The van der Waals surface area contributed by atoms with Crippen molar-refractivity contribution in [2.24, 2.45) is 17.4 Å². The minimum Gasteiger partial charge on any atom is -0.448 e. The molecule has 0 saturated heterocycles. The topological polar surface area (TPSA) is 107 Å². The first-order chi connectivity index (χ1) is 7.09. The zero-order chi connectivity index (χ0) is 11.3. The molecule has 15 heavy (non-hydrogen) atoms. The van der Waals surface area contributed by atoms with Crippen LogP contribution in [0.5, 0.6) is 0 Å². The van der Waals surface area contributed by atoms with E-state index in [1.165, 1.54) is 0 Å². The fourth-order valence-electron chi connectivity index (χ4n) is 1.38. The van der Waals surface area contributed by atoms with Crippen LogP contribution in [0.2, 0.25) is 0 Å². The van der Waals surface area contributed by atoms with E-state index in [1.807, 2.05) is 6.08 Å². The maximum Gasteiger partial charge on any atom is 0.404 e. The third-order valence-electron chi connectivity index (χ3n) is 2.10. The molecule has 0 saturated carbocycles. The molecular weight excluding hydrogens is 198 g/mol. The predicted molar refractivity (Wildman–Crippen MR) is 53.8 cm³/mol. The predicted octanol–water partition coefficient (Wildman–Crippen LogP) is -0.899. The van der Waals surface area contributed by atoms with Crippen molar-refractivity contribution in [3.8, 4) is 0 Å². The number of hydrogen-bond donors (Lipinski definition) is 3. The third-order valence-corrected chi connectivity index (χ3v) is 2.10. The zero-order valence-corrected chi connectivity index (χ0v) is 8.31. The molecule has 0 aliphatic heterocycles. The molecule has 5 N–H and O–H groups in total. The average molecular weight is 213 g/mol. The third kappa shape index (κ3) is 3.99. The molecule has 1 rings (SSSR count). The summed E-state index contributed by atoms with van der Waals surface area (Å²) in [5, 5.41) is 2.62. The largest absolute Gasteiger partial charge is 0.448 e. The van der Waals surface area contributed by atoms with Crippen LogP contribution in [-0.4, -0.2) is 31.2 Å². The molecule has 1 aliphatic rings. The van der Waals surface area contributed by atoms with E-state index in [0.717, 1.165) is 0 Å². The van der Waals surface area contributed by atoms with Crippen LogP contribution in [0.1, 0.15) is 6.42 Å². The van der Waals surface area contributed by atoms with Gasteiger partial charge in [-0.3, -0.25) is 4.79 Å². The van der Waals surface area contributed by atoms with Crippen molar-refractivity contribution in [2.45, 2.75) is 12.5 Å². The molecule has 2 atom stereocenters. The van der Waals surface area contributed by atoms with Crippen LogP contribution in [-0.2, 0) is 9.53 Å². The molecule has 0 bridgehead atoms. The first-order valence-corrected chi connectivity index (χ1v) is 4.73. The molecule has 6 heteroatoms. The number of primary amides is 1. The fourth-order valence-corrected chi connectivity index (χ4v) is 1.38. The lowest BCUT2D eigenvalue weighted by Crippen LogP contribution is -2.33. The van der Waals surface area contributed by atoms with Crippen molar-refractivity contribution in [2.75, 3.05) is 13.2 Å². The molecule has 0 aromatic heterocycles. The van der Waals surface area contributed by atoms with Crippen molar-refractivity contribution in [3.05, 3.63) is 12.2 Å². The number of carbonyl (C=O) groups is 2. The summed E-state index contributed by atoms with van der Waals surface area (Å²) in [6, 6.07) is -0.0392. The Morgan fingerprint density at radius 3 is 2.73 bits per heavy atom. The van der Waals surface area contributed by atoms with Gasteiger partial charge in [0.1, 0.15) is 6.61 Å². The highest BCUT2D eigenvalue weighted by Crippen LogP contribution is 2.15. The summed E-state index contributed by atoms with van der Waals surface area (Å²) in [5.74, 6) is -0.277. The highest BCUT2D eigenvalue weighted by atomic mass is 16.5. The summed E-state index contributed by atoms with van der Waals surface area (Å²) in [5.41, 5.74) is 10.4. The van der Waals surface area contributed by atoms with Crippen LogP contribution in [0.4, 0.5) is 4.79 Å². The minimum absolute atomic E-state index is 0.0392. The minimum atomic E-state index is -0.841. The Labute approximate surface area is 87.6 Å². The average Bonchev–Trinajstić information content (AvgIpc) is 2.59. The van der Waals surface area contributed by atoms with Crippen LogP contribution in [0.3, 0.4) is 0 Å². The van der Waals surface area contributed by atoms with Gasteiger partial charge in [-0.25, -0.2) is 4.79 Å². The number of ether oxygens (including phenoxy) is 1. The Bertz CT molecular complexity index is 278. The van der Waals surface area contributed by atoms with Gasteiger partial charge in [-0.2, -0.15) is 0 Å². The second kappa shape index (κ2) is 5.35. The summed E-state index contributed by atoms with van der Waals surface area (Å²) >= 11 is 0. The molecule has 0 fully saturated rings. The SMILES string of the molecule is NC(=O)OCCNC(=O)C1C=CC(N)C1. The van der Waals surface area contributed by atoms with Gasteiger partial charge in [-0.1, -0.05) is 12.2 Å². The number of nitrogens with two attached hydrogens (primary N) is 2. The van der Waals surface area contributed by atoms with E-state index >= 15 is 0 Å². The van der Waals surface area contributed by atoms with Gasteiger partial charge >= 0.3 is 6.09 Å². The first kappa shape index (κ1) is 11.5. The van der Waals surface area contributed by atoms with Gasteiger partial charge in [-0.15, -0.1) is 0 Å². The van der Waals surface area contributed by atoms with Crippen molar-refractivity contribution in [3.63, 3.8) is 0 Å². The number of rotatable bonds is 4. The molecule has 2 unspecified atom stereocenters. The highest BCUT2D eigenvalue weighted by Gasteiger charge is 2.21. The van der Waals surface area contributed by atoms with Crippen LogP contribution in [0.25, 0.3) is 0 Å². The molecule has 2 amide bonds. The zero-order valence-electron chi connectivity index (χ0n) is 8.31. The summed E-state index contributed by atoms with van der Waals surface area (Å²) in [7, 11) is 0. The summed E-state index contributed by atoms with van der Waals surface area (Å²) < 4.78 is 4.46. The first-order valence-electron chi connectivity index (χ1n) is 4.73. The Kier molecular flexibility index (Phi) is 4.11. The molecule has 0 aromatic carbocycles. The number of amides is 2. The maximum atomic E-state index is 11.4. The molecule has 6 nitrogen and oxygen atoms in total. The highest BCUT2D eigenvalue weighted by molar-refractivity contribution is 5.81. The van der Waals surface area contributed by atoms with E-state index in [2.05, 4.69) is 10.1 Å². The van der Waals surface area contributed by atoms with E-state index < -0.39 is 6.09 Å². The van der Waals surface area contributed by atoms with Crippen LogP contribution in [0, 0.1) is 5.92 Å². The van der Waals surface area contributed by atoms with Crippen molar-refractivity contribution >= 4 is 12.0 Å². The van der Waals surface area contributed by atoms with E-state index in [4.69, 9.17) is 11.5 Å². The Morgan fingerprint density at radius 1 is 1.47 bits per heavy atom. The van der Waals surface area contributed by atoms with E-state index in [-0.39, 0.29) is 31.0 Å². The molecule has 0 aromatic rings. The van der Waals surface area contributed by atoms with Crippen molar-refractivity contribution in [1.82, 2.24) is 5.32 Å². The standard InChI is InChI=1S/C9H15N3O3/c10-7-2-1-6(5-7)8(13)12-3-4-15-9(11)14/h1-2,6-7H,3-5,10H2,(H2,11,14)(H,12,13). The Hall–Kier alpha value is -1.56. The van der Waals surface area contributed by atoms with Gasteiger partial charge in [0.25, 0.3) is 0 Å². The van der Waals surface area contributed by atoms with Crippen LogP contribution < -0.4 is 16.8 Å². The Balaban J connectivity index is 2.14. The summed E-state index contributed by atoms with van der Waals surface area (Å²) in [6.45, 7) is 0.352. The van der Waals surface area contributed by atoms with Crippen molar-refractivity contribution < 1.29 is 14.3 Å². The molecule has 1 aliphatic carbocycles. The van der Waals surface area contributed by atoms with Crippen LogP contribution in [0.15, 0.2) is 12.2 Å². The van der Waals surface area contributed by atoms with Gasteiger partial charge in [0.15, 0.2) is 0 Å². The van der Waals surface area contributed by atoms with Gasteiger partial charge < -0.3 is 21.5 Å². The number of nitrogens with one attached hydrogen (secondary N) is 1. The van der Waals surface area contributed by atoms with E-state index in [1.54, 1.807) is 6.08 Å². The van der Waals surface area contributed by atoms with E-state index in [0.29, 0.717) is 6.42 Å². The molecular formula is C9H15N3O3. The smallest absolute Gasteiger partial charge is 0.404 e. The second-order valence-electron chi connectivity index (χ2n) is 3.35. The molecule has 0 heterocycles.